The molecule has 1 heterocycles. The molecule has 1 atom stereocenters. The van der Waals surface area contributed by atoms with Crippen molar-refractivity contribution < 1.29 is 37.7 Å². The van der Waals surface area contributed by atoms with Gasteiger partial charge in [-0.3, -0.25) is 14.5 Å². The molecule has 0 radical (unpaired) electrons. The molecule has 0 aromatic heterocycles. The van der Waals surface area contributed by atoms with Crippen LogP contribution in [0.5, 0.6) is 11.5 Å². The van der Waals surface area contributed by atoms with Crippen molar-refractivity contribution in [1.82, 2.24) is 0 Å². The van der Waals surface area contributed by atoms with Crippen molar-refractivity contribution >= 4 is 34.7 Å². The van der Waals surface area contributed by atoms with E-state index in [4.69, 9.17) is 16.3 Å². The standard InChI is InChI=1S/C25H17ClF3NO5/c1-35-19-12-14(4-11-18(19)26)22(32)20-21(13-2-9-17(31)10-3-13)30(24(34)23(20)33)16-7-5-15(6-8-16)25(27,28)29/h2-12,21,31-32H,1H3/b22-20-. The molecule has 1 aliphatic rings. The van der Waals surface area contributed by atoms with Crippen molar-refractivity contribution in [2.24, 2.45) is 0 Å². The maximum absolute atomic E-state index is 13.1. The lowest BCUT2D eigenvalue weighted by atomic mass is 9.95. The number of alkyl halides is 3. The third kappa shape index (κ3) is 4.42. The van der Waals surface area contributed by atoms with Crippen LogP contribution in [-0.2, 0) is 15.8 Å². The van der Waals surface area contributed by atoms with Gasteiger partial charge in [0.2, 0.25) is 0 Å². The summed E-state index contributed by atoms with van der Waals surface area (Å²) in [7, 11) is 1.37. The van der Waals surface area contributed by atoms with E-state index in [0.717, 1.165) is 29.2 Å². The van der Waals surface area contributed by atoms with Crippen molar-refractivity contribution in [3.05, 3.63) is 94.0 Å². The van der Waals surface area contributed by atoms with Crippen LogP contribution in [0.15, 0.2) is 72.3 Å². The second kappa shape index (κ2) is 8.99. The van der Waals surface area contributed by atoms with E-state index >= 15 is 0 Å². The van der Waals surface area contributed by atoms with E-state index in [1.807, 2.05) is 0 Å². The van der Waals surface area contributed by atoms with Crippen LogP contribution >= 0.6 is 11.6 Å². The minimum atomic E-state index is -4.59. The first-order valence-electron chi connectivity index (χ1n) is 10.1. The molecule has 2 N–H and O–H groups in total. The van der Waals surface area contributed by atoms with Crippen LogP contribution in [0.4, 0.5) is 18.9 Å². The van der Waals surface area contributed by atoms with Crippen LogP contribution in [0.25, 0.3) is 5.76 Å². The van der Waals surface area contributed by atoms with Crippen molar-refractivity contribution in [1.29, 1.82) is 0 Å². The molecule has 10 heteroatoms. The molecule has 6 nitrogen and oxygen atoms in total. The summed E-state index contributed by atoms with van der Waals surface area (Å²) in [4.78, 5) is 27.2. The number of methoxy groups -OCH3 is 1. The van der Waals surface area contributed by atoms with Gasteiger partial charge in [0.25, 0.3) is 11.7 Å². The van der Waals surface area contributed by atoms with Crippen LogP contribution in [0, 0.1) is 0 Å². The van der Waals surface area contributed by atoms with Gasteiger partial charge >= 0.3 is 6.18 Å². The van der Waals surface area contributed by atoms with Crippen molar-refractivity contribution in [2.45, 2.75) is 12.2 Å². The molecule has 1 unspecified atom stereocenters. The van der Waals surface area contributed by atoms with E-state index in [9.17, 15) is 33.0 Å². The van der Waals surface area contributed by atoms with E-state index in [2.05, 4.69) is 0 Å². The molecule has 4 rings (SSSR count). The van der Waals surface area contributed by atoms with E-state index in [-0.39, 0.29) is 33.3 Å². The summed E-state index contributed by atoms with van der Waals surface area (Å²) in [6.45, 7) is 0. The minimum absolute atomic E-state index is 0.0194. The number of ether oxygens (including phenoxy) is 1. The maximum atomic E-state index is 13.1. The first-order valence-corrected chi connectivity index (χ1v) is 10.5. The second-order valence-electron chi connectivity index (χ2n) is 7.65. The van der Waals surface area contributed by atoms with E-state index in [1.165, 1.54) is 49.6 Å². The number of ketones is 1. The molecule has 1 amide bonds. The number of rotatable bonds is 4. The Hall–Kier alpha value is -3.98. The lowest BCUT2D eigenvalue weighted by Gasteiger charge is -2.26. The number of aliphatic hydroxyl groups excluding tert-OH is 1. The van der Waals surface area contributed by atoms with Gasteiger partial charge in [0.1, 0.15) is 17.3 Å². The monoisotopic (exact) mass is 503 g/mol. The summed E-state index contributed by atoms with van der Waals surface area (Å²) in [6.07, 6.45) is -4.59. The van der Waals surface area contributed by atoms with E-state index in [1.54, 1.807) is 0 Å². The van der Waals surface area contributed by atoms with Crippen molar-refractivity contribution in [2.75, 3.05) is 12.0 Å². The second-order valence-corrected chi connectivity index (χ2v) is 8.06. The minimum Gasteiger partial charge on any atom is -0.508 e. The number of anilines is 1. The predicted molar refractivity (Wildman–Crippen MR) is 122 cm³/mol. The van der Waals surface area contributed by atoms with Crippen LogP contribution in [0.3, 0.4) is 0 Å². The molecule has 180 valence electrons. The molecule has 1 saturated heterocycles. The molecule has 35 heavy (non-hydrogen) atoms. The zero-order chi connectivity index (χ0) is 25.5. The molecule has 3 aromatic rings. The Kier molecular flexibility index (Phi) is 6.21. The zero-order valence-corrected chi connectivity index (χ0v) is 18.8. The van der Waals surface area contributed by atoms with Gasteiger partial charge in [0.15, 0.2) is 0 Å². The molecule has 0 saturated carbocycles. The van der Waals surface area contributed by atoms with Gasteiger partial charge in [-0.1, -0.05) is 23.7 Å². The number of hydrogen-bond donors (Lipinski definition) is 2. The van der Waals surface area contributed by atoms with Crippen molar-refractivity contribution in [3.8, 4) is 11.5 Å². The molecule has 3 aromatic carbocycles. The van der Waals surface area contributed by atoms with Gasteiger partial charge in [0, 0.05) is 11.3 Å². The Bertz CT molecular complexity index is 1330. The number of phenols is 1. The van der Waals surface area contributed by atoms with Crippen LogP contribution in [0.2, 0.25) is 5.02 Å². The number of carbonyl (C=O) groups excluding carboxylic acids is 2. The van der Waals surface area contributed by atoms with Crippen LogP contribution < -0.4 is 9.64 Å². The summed E-state index contributed by atoms with van der Waals surface area (Å²) in [6, 6.07) is 12.4. The topological polar surface area (TPSA) is 87.1 Å². The molecule has 1 aliphatic heterocycles. The van der Waals surface area contributed by atoms with Crippen LogP contribution in [0.1, 0.15) is 22.7 Å². The van der Waals surface area contributed by atoms with E-state index < -0.39 is 35.2 Å². The number of hydrogen-bond acceptors (Lipinski definition) is 5. The number of phenolic OH excluding ortho intramolecular Hbond substituents is 1. The van der Waals surface area contributed by atoms with E-state index in [0.29, 0.717) is 5.56 Å². The normalized spacial score (nSPS) is 17.6. The summed E-state index contributed by atoms with van der Waals surface area (Å²) in [5.41, 5.74) is -0.715. The average Bonchev–Trinajstić information content (AvgIpc) is 3.09. The molecule has 0 bridgehead atoms. The van der Waals surface area contributed by atoms with Gasteiger partial charge in [-0.05, 0) is 60.2 Å². The highest BCUT2D eigenvalue weighted by molar-refractivity contribution is 6.51. The Labute approximate surface area is 202 Å². The number of aromatic hydroxyl groups is 1. The number of benzene rings is 3. The highest BCUT2D eigenvalue weighted by Crippen LogP contribution is 2.43. The van der Waals surface area contributed by atoms with Gasteiger partial charge < -0.3 is 14.9 Å². The Balaban J connectivity index is 1.91. The van der Waals surface area contributed by atoms with Gasteiger partial charge in [0.05, 0.1) is 29.3 Å². The number of halogens is 4. The maximum Gasteiger partial charge on any atom is 0.416 e. The molecular weight excluding hydrogens is 487 g/mol. The SMILES string of the molecule is COc1cc(/C(O)=C2/C(=O)C(=O)N(c3ccc(C(F)(F)F)cc3)C2c2ccc(O)cc2)ccc1Cl. The average molecular weight is 504 g/mol. The third-order valence-corrected chi connectivity index (χ3v) is 5.86. The lowest BCUT2D eigenvalue weighted by Crippen LogP contribution is -2.29. The molecule has 1 fully saturated rings. The highest BCUT2D eigenvalue weighted by Gasteiger charge is 2.47. The zero-order valence-electron chi connectivity index (χ0n) is 18.0. The lowest BCUT2D eigenvalue weighted by molar-refractivity contribution is -0.137. The third-order valence-electron chi connectivity index (χ3n) is 5.55. The fourth-order valence-electron chi connectivity index (χ4n) is 3.84. The van der Waals surface area contributed by atoms with Gasteiger partial charge in [-0.2, -0.15) is 13.2 Å². The highest BCUT2D eigenvalue weighted by atomic mass is 35.5. The number of carbonyl (C=O) groups is 2. The summed E-state index contributed by atoms with van der Waals surface area (Å²) in [5, 5.41) is 21.0. The number of nitrogens with zero attached hydrogens (tertiary/aromatic N) is 1. The molecular formula is C25H17ClF3NO5. The summed E-state index contributed by atoms with van der Waals surface area (Å²) in [5.74, 6) is -2.46. The summed E-state index contributed by atoms with van der Waals surface area (Å²) >= 11 is 6.04. The smallest absolute Gasteiger partial charge is 0.416 e. The van der Waals surface area contributed by atoms with Gasteiger partial charge in [-0.25, -0.2) is 0 Å². The number of aliphatic hydroxyl groups is 1. The molecule has 0 aliphatic carbocycles. The van der Waals surface area contributed by atoms with Crippen molar-refractivity contribution in [3.63, 3.8) is 0 Å². The fraction of sp³-hybridized carbons (Fsp3) is 0.120. The van der Waals surface area contributed by atoms with Gasteiger partial charge in [-0.15, -0.1) is 0 Å². The number of Topliss-reactive ketones (excluding diaryl/α,β-unsaturated/α-hetero) is 1. The Morgan fingerprint density at radius 1 is 1.00 bits per heavy atom. The van der Waals surface area contributed by atoms with Crippen LogP contribution in [-0.4, -0.2) is 29.0 Å². The first-order chi connectivity index (χ1) is 16.5. The fourth-order valence-corrected chi connectivity index (χ4v) is 4.04. The Morgan fingerprint density at radius 2 is 1.63 bits per heavy atom. The quantitative estimate of drug-likeness (QED) is 0.271. The largest absolute Gasteiger partial charge is 0.508 e. The predicted octanol–water partition coefficient (Wildman–Crippen LogP) is 5.70. The first kappa shape index (κ1) is 24.2. The Morgan fingerprint density at radius 3 is 2.20 bits per heavy atom. The summed E-state index contributed by atoms with van der Waals surface area (Å²) < 4.78 is 44.3. The number of amides is 1. The molecule has 0 spiro atoms.